The first-order valence-corrected chi connectivity index (χ1v) is 9.62. The van der Waals surface area contributed by atoms with Crippen molar-refractivity contribution in [2.75, 3.05) is 19.6 Å². The second-order valence-corrected chi connectivity index (χ2v) is 7.50. The summed E-state index contributed by atoms with van der Waals surface area (Å²) >= 11 is 0. The van der Waals surface area contributed by atoms with Crippen molar-refractivity contribution in [2.45, 2.75) is 39.0 Å². The molecule has 2 heterocycles. The lowest BCUT2D eigenvalue weighted by Crippen LogP contribution is -2.43. The molecule has 168 valence electrons. The first-order valence-electron chi connectivity index (χ1n) is 9.62. The van der Waals surface area contributed by atoms with E-state index < -0.39 is 41.5 Å². The molecular weight excluding hydrogens is 420 g/mol. The maximum atomic E-state index is 13.4. The Hall–Kier alpha value is -2.95. The Morgan fingerprint density at radius 2 is 2.00 bits per heavy atom. The number of nitrogens with one attached hydrogen (secondary N) is 2. The Labute approximate surface area is 175 Å². The summed E-state index contributed by atoms with van der Waals surface area (Å²) in [5, 5.41) is 8.92. The van der Waals surface area contributed by atoms with Crippen LogP contribution >= 0.6 is 0 Å². The van der Waals surface area contributed by atoms with Crippen molar-refractivity contribution < 1.29 is 31.7 Å². The van der Waals surface area contributed by atoms with Crippen LogP contribution in [0.3, 0.4) is 0 Å². The molecule has 2 aromatic rings. The van der Waals surface area contributed by atoms with E-state index in [-0.39, 0.29) is 6.04 Å². The van der Waals surface area contributed by atoms with Crippen molar-refractivity contribution in [1.29, 1.82) is 0 Å². The molecule has 1 aliphatic rings. The molecular formula is C20H22F4N4O3. The number of alkyl halides is 3. The minimum Gasteiger partial charge on any atom is -0.361 e. The lowest BCUT2D eigenvalue weighted by molar-refractivity contribution is -0.137. The first kappa shape index (κ1) is 22.7. The molecule has 1 aliphatic heterocycles. The average molecular weight is 442 g/mol. The predicted octanol–water partition coefficient (Wildman–Crippen LogP) is 2.57. The third kappa shape index (κ3) is 5.81. The molecule has 1 aromatic heterocycles. The summed E-state index contributed by atoms with van der Waals surface area (Å²) in [5.41, 5.74) is 0.0457. The summed E-state index contributed by atoms with van der Waals surface area (Å²) in [6, 6.07) is 1.40. The Morgan fingerprint density at radius 1 is 1.26 bits per heavy atom. The van der Waals surface area contributed by atoms with Crippen molar-refractivity contribution in [3.05, 3.63) is 52.2 Å². The molecule has 7 nitrogen and oxygen atoms in total. The molecule has 0 unspecified atom stereocenters. The fraction of sp³-hybridized carbons (Fsp3) is 0.450. The van der Waals surface area contributed by atoms with Crippen LogP contribution in [-0.2, 0) is 17.5 Å². The van der Waals surface area contributed by atoms with E-state index in [9.17, 15) is 27.2 Å². The number of hydrogen-bond donors (Lipinski definition) is 2. The molecule has 0 saturated carbocycles. The van der Waals surface area contributed by atoms with Crippen LogP contribution in [-0.4, -0.2) is 47.5 Å². The maximum Gasteiger partial charge on any atom is 0.416 e. The van der Waals surface area contributed by atoms with Crippen molar-refractivity contribution >= 4 is 11.8 Å². The molecule has 1 aromatic carbocycles. The number of rotatable bonds is 6. The third-order valence-corrected chi connectivity index (χ3v) is 5.10. The van der Waals surface area contributed by atoms with Gasteiger partial charge in [-0.3, -0.25) is 14.5 Å². The van der Waals surface area contributed by atoms with E-state index in [1.165, 1.54) is 0 Å². The third-order valence-electron chi connectivity index (χ3n) is 5.10. The predicted molar refractivity (Wildman–Crippen MR) is 102 cm³/mol. The molecule has 31 heavy (non-hydrogen) atoms. The van der Waals surface area contributed by atoms with Crippen LogP contribution in [0.1, 0.15) is 39.4 Å². The SMILES string of the molecule is Cc1noc(C)c1CN1CC[C@@H](NC(=O)CNC(=O)c2cc(F)cc(C(F)(F)F)c2)C1. The van der Waals surface area contributed by atoms with Gasteiger partial charge in [0.15, 0.2) is 0 Å². The number of amides is 2. The van der Waals surface area contributed by atoms with Crippen molar-refractivity contribution in [1.82, 2.24) is 20.7 Å². The van der Waals surface area contributed by atoms with Crippen LogP contribution < -0.4 is 10.6 Å². The summed E-state index contributed by atoms with van der Waals surface area (Å²) in [5.74, 6) is -1.89. The number of carbonyl (C=O) groups excluding carboxylic acids is 2. The molecule has 0 spiro atoms. The monoisotopic (exact) mass is 442 g/mol. The van der Waals surface area contributed by atoms with Gasteiger partial charge in [0.2, 0.25) is 5.91 Å². The second kappa shape index (κ2) is 9.04. The number of benzene rings is 1. The van der Waals surface area contributed by atoms with Crippen molar-refractivity contribution in [2.24, 2.45) is 0 Å². The lowest BCUT2D eigenvalue weighted by Gasteiger charge is -2.17. The molecule has 0 radical (unpaired) electrons. The zero-order chi connectivity index (χ0) is 22.8. The van der Waals surface area contributed by atoms with Gasteiger partial charge in [-0.05, 0) is 38.5 Å². The van der Waals surface area contributed by atoms with Crippen LogP contribution in [0, 0.1) is 19.7 Å². The van der Waals surface area contributed by atoms with E-state index in [4.69, 9.17) is 4.52 Å². The van der Waals surface area contributed by atoms with E-state index in [2.05, 4.69) is 20.7 Å². The van der Waals surface area contributed by atoms with Crippen LogP contribution in [0.5, 0.6) is 0 Å². The molecule has 2 N–H and O–H groups in total. The lowest BCUT2D eigenvalue weighted by atomic mass is 10.1. The average Bonchev–Trinajstić information content (AvgIpc) is 3.26. The van der Waals surface area contributed by atoms with Crippen LogP contribution in [0.2, 0.25) is 0 Å². The summed E-state index contributed by atoms with van der Waals surface area (Å²) in [6.45, 7) is 5.26. The van der Waals surface area contributed by atoms with Gasteiger partial charge in [-0.25, -0.2) is 4.39 Å². The van der Waals surface area contributed by atoms with E-state index >= 15 is 0 Å². The zero-order valence-electron chi connectivity index (χ0n) is 17.0. The first-order chi connectivity index (χ1) is 14.5. The number of likely N-dealkylation sites (tertiary alicyclic amines) is 1. The zero-order valence-corrected chi connectivity index (χ0v) is 17.0. The van der Waals surface area contributed by atoms with Gasteiger partial charge in [0.05, 0.1) is 17.8 Å². The van der Waals surface area contributed by atoms with E-state index in [1.54, 1.807) is 0 Å². The fourth-order valence-electron chi connectivity index (χ4n) is 3.47. The van der Waals surface area contributed by atoms with Gasteiger partial charge in [0.1, 0.15) is 11.6 Å². The van der Waals surface area contributed by atoms with Gasteiger partial charge in [-0.1, -0.05) is 5.16 Å². The number of nitrogens with zero attached hydrogens (tertiary/aromatic N) is 2. The van der Waals surface area contributed by atoms with Crippen LogP contribution in [0.4, 0.5) is 17.6 Å². The van der Waals surface area contributed by atoms with E-state index in [0.717, 1.165) is 23.6 Å². The number of aromatic nitrogens is 1. The molecule has 2 amide bonds. The van der Waals surface area contributed by atoms with Crippen LogP contribution in [0.15, 0.2) is 22.7 Å². The highest BCUT2D eigenvalue weighted by molar-refractivity contribution is 5.96. The van der Waals surface area contributed by atoms with E-state index in [1.807, 2.05) is 13.8 Å². The molecule has 0 aliphatic carbocycles. The van der Waals surface area contributed by atoms with E-state index in [0.29, 0.717) is 37.7 Å². The molecule has 1 atom stereocenters. The quantitative estimate of drug-likeness (QED) is 0.672. The minimum atomic E-state index is -4.79. The summed E-state index contributed by atoms with van der Waals surface area (Å²) in [6.07, 6.45) is -4.08. The minimum absolute atomic E-state index is 0.129. The normalized spacial score (nSPS) is 17.0. The van der Waals surface area contributed by atoms with Gasteiger partial charge in [-0.15, -0.1) is 0 Å². The Bertz CT molecular complexity index is 954. The molecule has 11 heteroatoms. The molecule has 1 fully saturated rings. The smallest absolute Gasteiger partial charge is 0.361 e. The maximum absolute atomic E-state index is 13.4. The van der Waals surface area contributed by atoms with Gasteiger partial charge in [0, 0.05) is 36.8 Å². The largest absolute Gasteiger partial charge is 0.416 e. The highest BCUT2D eigenvalue weighted by atomic mass is 19.4. The summed E-state index contributed by atoms with van der Waals surface area (Å²) in [7, 11) is 0. The highest BCUT2D eigenvalue weighted by Gasteiger charge is 2.32. The van der Waals surface area contributed by atoms with Gasteiger partial charge < -0.3 is 15.2 Å². The topological polar surface area (TPSA) is 87.5 Å². The van der Waals surface area contributed by atoms with Crippen molar-refractivity contribution in [3.8, 4) is 0 Å². The second-order valence-electron chi connectivity index (χ2n) is 7.50. The standard InChI is InChI=1S/C20H22F4N4O3/c1-11-17(12(2)31-27-11)10-28-4-3-16(9-28)26-18(29)8-25-19(30)13-5-14(20(22,23)24)7-15(21)6-13/h5-7,16H,3-4,8-10H2,1-2H3,(H,25,30)(H,26,29)/t16-/m1/s1. The number of halogens is 4. The van der Waals surface area contributed by atoms with Gasteiger partial charge >= 0.3 is 6.18 Å². The number of carbonyl (C=O) groups is 2. The number of hydrogen-bond acceptors (Lipinski definition) is 5. The highest BCUT2D eigenvalue weighted by Crippen LogP contribution is 2.30. The number of aryl methyl sites for hydroxylation is 2. The molecule has 1 saturated heterocycles. The van der Waals surface area contributed by atoms with Gasteiger partial charge in [0.25, 0.3) is 5.91 Å². The molecule has 3 rings (SSSR count). The summed E-state index contributed by atoms with van der Waals surface area (Å²) in [4.78, 5) is 26.3. The Kier molecular flexibility index (Phi) is 6.63. The van der Waals surface area contributed by atoms with Crippen LogP contribution in [0.25, 0.3) is 0 Å². The molecule has 0 bridgehead atoms. The summed E-state index contributed by atoms with van der Waals surface area (Å²) < 4.78 is 56.9. The Balaban J connectivity index is 1.48. The Morgan fingerprint density at radius 3 is 2.65 bits per heavy atom. The fourth-order valence-corrected chi connectivity index (χ4v) is 3.47. The van der Waals surface area contributed by atoms with Crippen molar-refractivity contribution in [3.63, 3.8) is 0 Å². The van der Waals surface area contributed by atoms with Gasteiger partial charge in [-0.2, -0.15) is 13.2 Å².